The summed E-state index contributed by atoms with van der Waals surface area (Å²) in [6.07, 6.45) is 3.84. The first-order chi connectivity index (χ1) is 9.42. The molecule has 0 saturated heterocycles. The summed E-state index contributed by atoms with van der Waals surface area (Å²) in [5, 5.41) is 7.02. The van der Waals surface area contributed by atoms with Gasteiger partial charge in [-0.1, -0.05) is 5.16 Å². The summed E-state index contributed by atoms with van der Waals surface area (Å²) in [4.78, 5) is 0. The van der Waals surface area contributed by atoms with E-state index in [0.29, 0.717) is 17.5 Å². The molecule has 1 aromatic rings. The van der Waals surface area contributed by atoms with Gasteiger partial charge in [0.2, 0.25) is 10.0 Å². The fourth-order valence-electron chi connectivity index (χ4n) is 2.73. The van der Waals surface area contributed by atoms with Crippen molar-refractivity contribution in [3.63, 3.8) is 0 Å². The minimum atomic E-state index is -3.33. The van der Waals surface area contributed by atoms with Crippen LogP contribution in [0.5, 0.6) is 0 Å². The van der Waals surface area contributed by atoms with Gasteiger partial charge in [-0.05, 0) is 39.7 Å². The summed E-state index contributed by atoms with van der Waals surface area (Å²) in [5.74, 6) is 0.541. The fourth-order valence-corrected chi connectivity index (χ4v) is 4.11. The van der Waals surface area contributed by atoms with Gasteiger partial charge in [0.25, 0.3) is 0 Å². The third kappa shape index (κ3) is 3.59. The maximum Gasteiger partial charge on any atom is 0.219 e. The van der Waals surface area contributed by atoms with Crippen LogP contribution in [0.25, 0.3) is 0 Å². The molecule has 0 spiro atoms. The maximum atomic E-state index is 12.4. The van der Waals surface area contributed by atoms with E-state index in [9.17, 15) is 8.42 Å². The molecule has 1 saturated carbocycles. The third-order valence-corrected chi connectivity index (χ3v) is 5.90. The van der Waals surface area contributed by atoms with Crippen molar-refractivity contribution in [3.05, 3.63) is 17.5 Å². The van der Waals surface area contributed by atoms with E-state index in [1.165, 1.54) is 4.31 Å². The second-order valence-corrected chi connectivity index (χ2v) is 7.52. The third-order valence-electron chi connectivity index (χ3n) is 4.06. The molecule has 1 aromatic heterocycles. The van der Waals surface area contributed by atoms with E-state index < -0.39 is 10.0 Å². The monoisotopic (exact) mass is 301 g/mol. The summed E-state index contributed by atoms with van der Waals surface area (Å²) >= 11 is 0. The maximum absolute atomic E-state index is 12.4. The van der Waals surface area contributed by atoms with Crippen molar-refractivity contribution in [2.24, 2.45) is 0 Å². The van der Waals surface area contributed by atoms with Gasteiger partial charge in [-0.2, -0.15) is 0 Å². The van der Waals surface area contributed by atoms with Gasteiger partial charge in [0.1, 0.15) is 17.2 Å². The summed E-state index contributed by atoms with van der Waals surface area (Å²) < 4.78 is 31.2. The van der Waals surface area contributed by atoms with E-state index in [1.54, 1.807) is 20.0 Å². The molecule has 0 bridgehead atoms. The molecular formula is C13H23N3O3S. The Morgan fingerprint density at radius 1 is 1.40 bits per heavy atom. The molecule has 2 rings (SSSR count). The molecule has 114 valence electrons. The molecule has 0 radical (unpaired) electrons. The molecule has 0 unspecified atom stereocenters. The van der Waals surface area contributed by atoms with Crippen LogP contribution in [-0.2, 0) is 15.8 Å². The number of rotatable bonds is 5. The minimum absolute atomic E-state index is 0.0905. The summed E-state index contributed by atoms with van der Waals surface area (Å²) in [6.45, 7) is 1.76. The van der Waals surface area contributed by atoms with Gasteiger partial charge in [0, 0.05) is 25.2 Å². The van der Waals surface area contributed by atoms with Gasteiger partial charge in [-0.15, -0.1) is 0 Å². The Kier molecular flexibility index (Phi) is 4.82. The largest absolute Gasteiger partial charge is 0.361 e. The molecule has 6 nitrogen and oxygen atoms in total. The van der Waals surface area contributed by atoms with E-state index >= 15 is 0 Å². The lowest BCUT2D eigenvalue weighted by Gasteiger charge is -2.33. The predicted octanol–water partition coefficient (Wildman–Crippen LogP) is 1.28. The van der Waals surface area contributed by atoms with Crippen molar-refractivity contribution in [1.29, 1.82) is 0 Å². The van der Waals surface area contributed by atoms with Crippen LogP contribution in [0.15, 0.2) is 10.6 Å². The molecule has 1 N–H and O–H groups in total. The highest BCUT2D eigenvalue weighted by Crippen LogP contribution is 2.25. The highest BCUT2D eigenvalue weighted by molar-refractivity contribution is 7.88. The lowest BCUT2D eigenvalue weighted by molar-refractivity contribution is 0.254. The Morgan fingerprint density at radius 3 is 2.55 bits per heavy atom. The second kappa shape index (κ2) is 6.24. The average molecular weight is 301 g/mol. The molecule has 0 aromatic carbocycles. The van der Waals surface area contributed by atoms with E-state index in [0.717, 1.165) is 25.7 Å². The minimum Gasteiger partial charge on any atom is -0.361 e. The van der Waals surface area contributed by atoms with Crippen LogP contribution in [-0.4, -0.2) is 44.1 Å². The molecule has 1 fully saturated rings. The highest BCUT2D eigenvalue weighted by atomic mass is 32.2. The Balaban J connectivity index is 1.98. The van der Waals surface area contributed by atoms with Crippen molar-refractivity contribution in [2.75, 3.05) is 14.1 Å². The summed E-state index contributed by atoms with van der Waals surface area (Å²) in [5.41, 5.74) is 0.471. The summed E-state index contributed by atoms with van der Waals surface area (Å²) in [7, 11) is 0.297. The number of sulfonamides is 1. The number of hydrogen-bond acceptors (Lipinski definition) is 5. The lowest BCUT2D eigenvalue weighted by atomic mass is 9.91. The van der Waals surface area contributed by atoms with Crippen LogP contribution < -0.4 is 5.32 Å². The van der Waals surface area contributed by atoms with E-state index in [-0.39, 0.29) is 11.8 Å². The van der Waals surface area contributed by atoms with Crippen molar-refractivity contribution in [3.8, 4) is 0 Å². The predicted molar refractivity (Wildman–Crippen MR) is 76.7 cm³/mol. The molecule has 0 aliphatic heterocycles. The first-order valence-corrected chi connectivity index (χ1v) is 8.58. The standard InChI is InChI=1S/C13H23N3O3S/c1-10-8-12(15-19-10)9-20(17,18)16(3)13-6-4-11(14-2)5-7-13/h8,11,13-14H,4-7,9H2,1-3H3. The van der Waals surface area contributed by atoms with Crippen LogP contribution in [0.3, 0.4) is 0 Å². The zero-order chi connectivity index (χ0) is 14.8. The number of aromatic nitrogens is 1. The molecule has 1 heterocycles. The first kappa shape index (κ1) is 15.5. The van der Waals surface area contributed by atoms with Gasteiger partial charge in [-0.25, -0.2) is 12.7 Å². The average Bonchev–Trinajstić information content (AvgIpc) is 2.82. The van der Waals surface area contributed by atoms with Gasteiger partial charge < -0.3 is 9.84 Å². The van der Waals surface area contributed by atoms with Crippen LogP contribution in [0, 0.1) is 6.92 Å². The van der Waals surface area contributed by atoms with Crippen molar-refractivity contribution in [1.82, 2.24) is 14.8 Å². The van der Waals surface area contributed by atoms with Crippen molar-refractivity contribution >= 4 is 10.0 Å². The topological polar surface area (TPSA) is 75.4 Å². The Bertz CT molecular complexity index is 533. The Morgan fingerprint density at radius 2 is 2.05 bits per heavy atom. The Labute approximate surface area is 120 Å². The molecule has 20 heavy (non-hydrogen) atoms. The van der Waals surface area contributed by atoms with Gasteiger partial charge in [-0.3, -0.25) is 0 Å². The van der Waals surface area contributed by atoms with E-state index in [1.807, 2.05) is 7.05 Å². The van der Waals surface area contributed by atoms with E-state index in [4.69, 9.17) is 4.52 Å². The summed E-state index contributed by atoms with van der Waals surface area (Å²) in [6, 6.07) is 2.28. The zero-order valence-electron chi connectivity index (χ0n) is 12.3. The van der Waals surface area contributed by atoms with Gasteiger partial charge in [0.05, 0.1) is 0 Å². The van der Waals surface area contributed by atoms with Crippen LogP contribution in [0.2, 0.25) is 0 Å². The highest BCUT2D eigenvalue weighted by Gasteiger charge is 2.30. The van der Waals surface area contributed by atoms with Crippen LogP contribution in [0.1, 0.15) is 37.1 Å². The molecule has 0 amide bonds. The molecule has 0 atom stereocenters. The SMILES string of the molecule is CNC1CCC(N(C)S(=O)(=O)Cc2cc(C)on2)CC1. The smallest absolute Gasteiger partial charge is 0.219 e. The number of aryl methyl sites for hydroxylation is 1. The van der Waals surface area contributed by atoms with E-state index in [2.05, 4.69) is 10.5 Å². The fraction of sp³-hybridized carbons (Fsp3) is 0.769. The molecule has 1 aliphatic rings. The van der Waals surface area contributed by atoms with Crippen LogP contribution in [0.4, 0.5) is 0 Å². The first-order valence-electron chi connectivity index (χ1n) is 6.97. The van der Waals surface area contributed by atoms with Crippen LogP contribution >= 0.6 is 0 Å². The molecular weight excluding hydrogens is 278 g/mol. The van der Waals surface area contributed by atoms with Gasteiger partial charge >= 0.3 is 0 Å². The van der Waals surface area contributed by atoms with Crippen molar-refractivity contribution in [2.45, 2.75) is 50.4 Å². The Hall–Kier alpha value is -0.920. The number of hydrogen-bond donors (Lipinski definition) is 1. The molecule has 1 aliphatic carbocycles. The number of nitrogens with one attached hydrogen (secondary N) is 1. The quantitative estimate of drug-likeness (QED) is 0.886. The van der Waals surface area contributed by atoms with Gasteiger partial charge in [0.15, 0.2) is 0 Å². The lowest BCUT2D eigenvalue weighted by Crippen LogP contribution is -2.42. The number of nitrogens with zero attached hydrogens (tertiary/aromatic N) is 2. The zero-order valence-corrected chi connectivity index (χ0v) is 13.1. The second-order valence-electron chi connectivity index (χ2n) is 5.50. The molecule has 7 heteroatoms. The van der Waals surface area contributed by atoms with Crippen molar-refractivity contribution < 1.29 is 12.9 Å². The normalized spacial score (nSPS) is 24.2.